The highest BCUT2D eigenvalue weighted by molar-refractivity contribution is 7.99. The van der Waals surface area contributed by atoms with Gasteiger partial charge in [0.1, 0.15) is 0 Å². The van der Waals surface area contributed by atoms with Gasteiger partial charge < -0.3 is 0 Å². The van der Waals surface area contributed by atoms with Gasteiger partial charge >= 0.3 is 0 Å². The lowest BCUT2D eigenvalue weighted by molar-refractivity contribution is 0.933. The van der Waals surface area contributed by atoms with Gasteiger partial charge in [-0.15, -0.1) is 11.8 Å². The first kappa shape index (κ1) is 13.9. The lowest BCUT2D eigenvalue weighted by Gasteiger charge is -2.03. The molecule has 1 aromatic carbocycles. The van der Waals surface area contributed by atoms with Crippen molar-refractivity contribution < 1.29 is 0 Å². The van der Waals surface area contributed by atoms with Crippen molar-refractivity contribution in [3.8, 4) is 11.3 Å². The number of nitrogens with one attached hydrogen (secondary N) is 1. The van der Waals surface area contributed by atoms with E-state index in [2.05, 4.69) is 51.6 Å². The van der Waals surface area contributed by atoms with Crippen LogP contribution in [0.15, 0.2) is 66.0 Å². The quantitative estimate of drug-likeness (QED) is 0.547. The van der Waals surface area contributed by atoms with Gasteiger partial charge in [0.2, 0.25) is 0 Å². The number of thioether (sulfide) groups is 1. The van der Waals surface area contributed by atoms with Crippen LogP contribution in [0.2, 0.25) is 0 Å². The Bertz CT molecular complexity index is 665. The van der Waals surface area contributed by atoms with Crippen molar-refractivity contribution in [3.05, 3.63) is 66.6 Å². The van der Waals surface area contributed by atoms with Crippen LogP contribution in [0.5, 0.6) is 0 Å². The molecule has 3 rings (SSSR count). The molecule has 21 heavy (non-hydrogen) atoms. The maximum atomic E-state index is 4.16. The molecule has 2 heterocycles. The molecule has 0 amide bonds. The molecule has 0 radical (unpaired) electrons. The summed E-state index contributed by atoms with van der Waals surface area (Å²) < 4.78 is 0. The van der Waals surface area contributed by atoms with Gasteiger partial charge in [0.05, 0.1) is 16.8 Å². The van der Waals surface area contributed by atoms with Gasteiger partial charge in [-0.25, -0.2) is 0 Å². The standard InChI is InChI=1S/C17H17N3S/c1-2-6-14(7-3-1)8-5-11-21-16-13-19-20-17(16)15-9-4-10-18-12-15/h1-4,6-7,9-10,12-13H,5,8,11H2,(H,19,20). The minimum Gasteiger partial charge on any atom is -0.277 e. The number of rotatable bonds is 6. The summed E-state index contributed by atoms with van der Waals surface area (Å²) in [6.45, 7) is 0. The van der Waals surface area contributed by atoms with Crippen molar-refractivity contribution in [2.45, 2.75) is 17.7 Å². The first-order valence-electron chi connectivity index (χ1n) is 7.04. The van der Waals surface area contributed by atoms with Crippen molar-refractivity contribution >= 4 is 11.8 Å². The number of H-pyrrole nitrogens is 1. The zero-order valence-electron chi connectivity index (χ0n) is 11.7. The van der Waals surface area contributed by atoms with Gasteiger partial charge in [-0.3, -0.25) is 10.1 Å². The van der Waals surface area contributed by atoms with Crippen LogP contribution < -0.4 is 0 Å². The number of benzene rings is 1. The van der Waals surface area contributed by atoms with E-state index >= 15 is 0 Å². The van der Waals surface area contributed by atoms with Crippen LogP contribution in [0.1, 0.15) is 12.0 Å². The monoisotopic (exact) mass is 295 g/mol. The SMILES string of the molecule is c1ccc(CCCSc2cn[nH]c2-c2cccnc2)cc1. The Labute approximate surface area is 128 Å². The summed E-state index contributed by atoms with van der Waals surface area (Å²) in [6.07, 6.45) is 7.82. The zero-order chi connectivity index (χ0) is 14.3. The zero-order valence-corrected chi connectivity index (χ0v) is 12.5. The number of pyridine rings is 1. The summed E-state index contributed by atoms with van der Waals surface area (Å²) in [5, 5.41) is 7.23. The third kappa shape index (κ3) is 3.73. The van der Waals surface area contributed by atoms with E-state index in [1.807, 2.05) is 30.2 Å². The molecule has 0 aliphatic heterocycles. The maximum absolute atomic E-state index is 4.16. The second kappa shape index (κ2) is 7.09. The van der Waals surface area contributed by atoms with E-state index in [1.165, 1.54) is 10.5 Å². The number of aromatic nitrogens is 3. The van der Waals surface area contributed by atoms with E-state index in [0.29, 0.717) is 0 Å². The number of nitrogens with zero attached hydrogens (tertiary/aromatic N) is 2. The molecule has 0 unspecified atom stereocenters. The summed E-state index contributed by atoms with van der Waals surface area (Å²) in [5.74, 6) is 1.09. The van der Waals surface area contributed by atoms with Crippen molar-refractivity contribution in [1.82, 2.24) is 15.2 Å². The van der Waals surface area contributed by atoms with Gasteiger partial charge in [-0.2, -0.15) is 5.10 Å². The van der Waals surface area contributed by atoms with Gasteiger partial charge in [-0.1, -0.05) is 30.3 Å². The summed E-state index contributed by atoms with van der Waals surface area (Å²) >= 11 is 1.85. The predicted octanol–water partition coefficient (Wildman–Crippen LogP) is 4.20. The predicted molar refractivity (Wildman–Crippen MR) is 87.3 cm³/mol. The molecule has 0 bridgehead atoms. The molecule has 3 aromatic rings. The van der Waals surface area contributed by atoms with Crippen molar-refractivity contribution in [2.75, 3.05) is 5.75 Å². The molecular weight excluding hydrogens is 278 g/mol. The highest BCUT2D eigenvalue weighted by Gasteiger charge is 2.07. The molecule has 0 aliphatic carbocycles. The van der Waals surface area contributed by atoms with Gasteiger partial charge in [-0.05, 0) is 36.3 Å². The fraction of sp³-hybridized carbons (Fsp3) is 0.176. The summed E-state index contributed by atoms with van der Waals surface area (Å²) in [4.78, 5) is 5.35. The molecule has 0 atom stereocenters. The third-order valence-corrected chi connectivity index (χ3v) is 4.38. The van der Waals surface area contributed by atoms with Crippen molar-refractivity contribution in [1.29, 1.82) is 0 Å². The second-order valence-corrected chi connectivity index (χ2v) is 5.93. The van der Waals surface area contributed by atoms with Crippen LogP contribution in [0.4, 0.5) is 0 Å². The molecule has 0 spiro atoms. The summed E-state index contributed by atoms with van der Waals surface area (Å²) in [7, 11) is 0. The lowest BCUT2D eigenvalue weighted by atomic mass is 10.1. The Morgan fingerprint density at radius 1 is 1.00 bits per heavy atom. The second-order valence-electron chi connectivity index (χ2n) is 4.79. The molecule has 106 valence electrons. The van der Waals surface area contributed by atoms with E-state index in [4.69, 9.17) is 0 Å². The number of hydrogen-bond acceptors (Lipinski definition) is 3. The first-order valence-corrected chi connectivity index (χ1v) is 8.02. The maximum Gasteiger partial charge on any atom is 0.0801 e. The number of hydrogen-bond donors (Lipinski definition) is 1. The Morgan fingerprint density at radius 3 is 2.71 bits per heavy atom. The molecule has 0 aliphatic rings. The fourth-order valence-corrected chi connectivity index (χ4v) is 3.15. The fourth-order valence-electron chi connectivity index (χ4n) is 2.21. The molecule has 1 N–H and O–H groups in total. The van der Waals surface area contributed by atoms with Crippen LogP contribution in [0.3, 0.4) is 0 Å². The van der Waals surface area contributed by atoms with Crippen LogP contribution in [-0.4, -0.2) is 20.9 Å². The van der Waals surface area contributed by atoms with E-state index in [1.54, 1.807) is 6.20 Å². The molecule has 0 saturated carbocycles. The number of aryl methyl sites for hydroxylation is 1. The summed E-state index contributed by atoms with van der Waals surface area (Å²) in [5.41, 5.74) is 3.55. The molecule has 4 heteroatoms. The van der Waals surface area contributed by atoms with Crippen LogP contribution in [-0.2, 0) is 6.42 Å². The molecular formula is C17H17N3S. The van der Waals surface area contributed by atoms with E-state index in [9.17, 15) is 0 Å². The highest BCUT2D eigenvalue weighted by atomic mass is 32.2. The van der Waals surface area contributed by atoms with E-state index < -0.39 is 0 Å². The van der Waals surface area contributed by atoms with Gasteiger partial charge in [0.15, 0.2) is 0 Å². The highest BCUT2D eigenvalue weighted by Crippen LogP contribution is 2.29. The van der Waals surface area contributed by atoms with Crippen LogP contribution >= 0.6 is 11.8 Å². The number of aromatic amines is 1. The Hall–Kier alpha value is -2.07. The molecule has 3 nitrogen and oxygen atoms in total. The minimum atomic E-state index is 1.06. The normalized spacial score (nSPS) is 10.7. The molecule has 2 aromatic heterocycles. The lowest BCUT2D eigenvalue weighted by Crippen LogP contribution is -1.88. The average Bonchev–Trinajstić information content (AvgIpc) is 3.02. The topological polar surface area (TPSA) is 41.6 Å². The largest absolute Gasteiger partial charge is 0.277 e. The van der Waals surface area contributed by atoms with E-state index in [-0.39, 0.29) is 0 Å². The van der Waals surface area contributed by atoms with Crippen LogP contribution in [0.25, 0.3) is 11.3 Å². The summed E-state index contributed by atoms with van der Waals surface area (Å²) in [6, 6.07) is 14.6. The smallest absolute Gasteiger partial charge is 0.0801 e. The molecule has 0 fully saturated rings. The molecule has 0 saturated heterocycles. The van der Waals surface area contributed by atoms with Crippen molar-refractivity contribution in [3.63, 3.8) is 0 Å². The van der Waals surface area contributed by atoms with Gasteiger partial charge in [0, 0.05) is 18.0 Å². The Balaban J connectivity index is 1.56. The van der Waals surface area contributed by atoms with E-state index in [0.717, 1.165) is 29.9 Å². The Kier molecular flexibility index (Phi) is 4.69. The third-order valence-electron chi connectivity index (χ3n) is 3.26. The minimum absolute atomic E-state index is 1.06. The first-order chi connectivity index (χ1) is 10.4. The average molecular weight is 295 g/mol. The van der Waals surface area contributed by atoms with Crippen molar-refractivity contribution in [2.24, 2.45) is 0 Å². The Morgan fingerprint density at radius 2 is 1.90 bits per heavy atom. The van der Waals surface area contributed by atoms with Gasteiger partial charge in [0.25, 0.3) is 0 Å². The van der Waals surface area contributed by atoms with Crippen LogP contribution in [0, 0.1) is 0 Å².